The van der Waals surface area contributed by atoms with Gasteiger partial charge in [0.2, 0.25) is 0 Å². The highest BCUT2D eigenvalue weighted by Crippen LogP contribution is 2.13. The zero-order chi connectivity index (χ0) is 7.40. The van der Waals surface area contributed by atoms with Crippen molar-refractivity contribution in [3.8, 4) is 0 Å². The SMILES string of the molecule is C=CN1C=CCC(CC)O1. The van der Waals surface area contributed by atoms with Crippen LogP contribution in [0.2, 0.25) is 0 Å². The van der Waals surface area contributed by atoms with E-state index in [1.54, 1.807) is 11.3 Å². The van der Waals surface area contributed by atoms with E-state index >= 15 is 0 Å². The van der Waals surface area contributed by atoms with E-state index in [-0.39, 0.29) is 0 Å². The summed E-state index contributed by atoms with van der Waals surface area (Å²) in [5.41, 5.74) is 0. The summed E-state index contributed by atoms with van der Waals surface area (Å²) in [6.07, 6.45) is 8.05. The molecule has 0 aliphatic carbocycles. The average molecular weight is 139 g/mol. The molecule has 0 aromatic heterocycles. The minimum atomic E-state index is 0.336. The summed E-state index contributed by atoms with van der Waals surface area (Å²) < 4.78 is 0. The molecule has 0 bridgehead atoms. The molecule has 0 saturated carbocycles. The van der Waals surface area contributed by atoms with Crippen molar-refractivity contribution in [2.75, 3.05) is 0 Å². The first-order valence-electron chi connectivity index (χ1n) is 3.61. The molecule has 0 amide bonds. The van der Waals surface area contributed by atoms with Crippen LogP contribution in [0.1, 0.15) is 19.8 Å². The number of hydrogen-bond donors (Lipinski definition) is 0. The lowest BCUT2D eigenvalue weighted by Crippen LogP contribution is -2.23. The first-order valence-corrected chi connectivity index (χ1v) is 3.61. The van der Waals surface area contributed by atoms with E-state index in [0.717, 1.165) is 12.8 Å². The molecule has 0 radical (unpaired) electrons. The first-order chi connectivity index (χ1) is 4.86. The fourth-order valence-electron chi connectivity index (χ4n) is 0.912. The molecule has 1 unspecified atom stereocenters. The van der Waals surface area contributed by atoms with Gasteiger partial charge in [0.05, 0.1) is 6.10 Å². The number of hydrogen-bond acceptors (Lipinski definition) is 2. The maximum atomic E-state index is 5.41. The van der Waals surface area contributed by atoms with Gasteiger partial charge in [-0.25, -0.2) is 5.06 Å². The van der Waals surface area contributed by atoms with E-state index in [2.05, 4.69) is 19.6 Å². The van der Waals surface area contributed by atoms with E-state index in [1.807, 2.05) is 6.20 Å². The van der Waals surface area contributed by atoms with Crippen LogP contribution in [0.4, 0.5) is 0 Å². The lowest BCUT2D eigenvalue weighted by atomic mass is 10.2. The predicted molar refractivity (Wildman–Crippen MR) is 41.0 cm³/mol. The van der Waals surface area contributed by atoms with Gasteiger partial charge < -0.3 is 0 Å². The molecular formula is C8H13NO. The molecule has 0 N–H and O–H groups in total. The van der Waals surface area contributed by atoms with Crippen molar-refractivity contribution in [2.24, 2.45) is 0 Å². The van der Waals surface area contributed by atoms with Crippen molar-refractivity contribution in [1.82, 2.24) is 5.06 Å². The minimum Gasteiger partial charge on any atom is -0.266 e. The first kappa shape index (κ1) is 7.35. The maximum absolute atomic E-state index is 5.41. The molecule has 2 nitrogen and oxygen atoms in total. The normalized spacial score (nSPS) is 24.9. The smallest absolute Gasteiger partial charge is 0.0893 e. The van der Waals surface area contributed by atoms with Crippen molar-refractivity contribution in [2.45, 2.75) is 25.9 Å². The van der Waals surface area contributed by atoms with Crippen LogP contribution in [-0.4, -0.2) is 11.2 Å². The lowest BCUT2D eigenvalue weighted by Gasteiger charge is -2.25. The Labute approximate surface area is 61.7 Å². The van der Waals surface area contributed by atoms with E-state index in [0.29, 0.717) is 6.10 Å². The van der Waals surface area contributed by atoms with Crippen LogP contribution < -0.4 is 0 Å². The molecule has 10 heavy (non-hydrogen) atoms. The summed E-state index contributed by atoms with van der Waals surface area (Å²) in [4.78, 5) is 5.41. The minimum absolute atomic E-state index is 0.336. The van der Waals surface area contributed by atoms with Gasteiger partial charge in [-0.3, -0.25) is 4.84 Å². The van der Waals surface area contributed by atoms with Crippen molar-refractivity contribution >= 4 is 0 Å². The molecule has 1 atom stereocenters. The van der Waals surface area contributed by atoms with Gasteiger partial charge in [0.15, 0.2) is 0 Å². The summed E-state index contributed by atoms with van der Waals surface area (Å²) in [5.74, 6) is 0. The second kappa shape index (κ2) is 3.42. The van der Waals surface area contributed by atoms with E-state index < -0.39 is 0 Å². The molecule has 1 aliphatic heterocycles. The Morgan fingerprint density at radius 1 is 1.90 bits per heavy atom. The predicted octanol–water partition coefficient (Wildman–Crippen LogP) is 2.06. The van der Waals surface area contributed by atoms with Gasteiger partial charge in [0.25, 0.3) is 0 Å². The van der Waals surface area contributed by atoms with E-state index in [4.69, 9.17) is 4.84 Å². The Kier molecular flexibility index (Phi) is 2.51. The summed E-state index contributed by atoms with van der Waals surface area (Å²) in [5, 5.41) is 1.65. The van der Waals surface area contributed by atoms with E-state index in [9.17, 15) is 0 Å². The largest absolute Gasteiger partial charge is 0.266 e. The van der Waals surface area contributed by atoms with Gasteiger partial charge in [-0.1, -0.05) is 19.6 Å². The molecule has 1 rings (SSSR count). The van der Waals surface area contributed by atoms with Crippen LogP contribution in [-0.2, 0) is 4.84 Å². The highest BCUT2D eigenvalue weighted by Gasteiger charge is 2.10. The second-order valence-corrected chi connectivity index (χ2v) is 2.30. The highest BCUT2D eigenvalue weighted by atomic mass is 16.7. The van der Waals surface area contributed by atoms with Crippen molar-refractivity contribution in [3.05, 3.63) is 25.1 Å². The summed E-state index contributed by atoms with van der Waals surface area (Å²) in [6.45, 7) is 5.72. The van der Waals surface area contributed by atoms with Crippen molar-refractivity contribution < 1.29 is 4.84 Å². The molecule has 0 saturated heterocycles. The van der Waals surface area contributed by atoms with Crippen LogP contribution >= 0.6 is 0 Å². The number of rotatable bonds is 2. The fourth-order valence-corrected chi connectivity index (χ4v) is 0.912. The van der Waals surface area contributed by atoms with Gasteiger partial charge in [0.1, 0.15) is 0 Å². The molecule has 1 aliphatic rings. The van der Waals surface area contributed by atoms with Crippen LogP contribution in [0, 0.1) is 0 Å². The molecule has 56 valence electrons. The van der Waals surface area contributed by atoms with Crippen molar-refractivity contribution in [1.29, 1.82) is 0 Å². The Balaban J connectivity index is 2.45. The molecule has 0 aromatic carbocycles. The summed E-state index contributed by atoms with van der Waals surface area (Å²) in [6, 6.07) is 0. The Morgan fingerprint density at radius 3 is 3.30 bits per heavy atom. The monoisotopic (exact) mass is 139 g/mol. The summed E-state index contributed by atoms with van der Waals surface area (Å²) in [7, 11) is 0. The Bertz CT molecular complexity index is 142. The van der Waals surface area contributed by atoms with Gasteiger partial charge in [0, 0.05) is 12.4 Å². The van der Waals surface area contributed by atoms with Crippen LogP contribution in [0.25, 0.3) is 0 Å². The quantitative estimate of drug-likeness (QED) is 0.580. The maximum Gasteiger partial charge on any atom is 0.0893 e. The third-order valence-corrected chi connectivity index (χ3v) is 1.56. The lowest BCUT2D eigenvalue weighted by molar-refractivity contribution is -0.139. The van der Waals surface area contributed by atoms with Crippen LogP contribution in [0.15, 0.2) is 25.1 Å². The summed E-state index contributed by atoms with van der Waals surface area (Å²) >= 11 is 0. The zero-order valence-corrected chi connectivity index (χ0v) is 6.29. The van der Waals surface area contributed by atoms with Gasteiger partial charge >= 0.3 is 0 Å². The fraction of sp³-hybridized carbons (Fsp3) is 0.500. The number of nitrogens with zero attached hydrogens (tertiary/aromatic N) is 1. The zero-order valence-electron chi connectivity index (χ0n) is 6.29. The molecule has 0 spiro atoms. The van der Waals surface area contributed by atoms with Gasteiger partial charge in [-0.15, -0.1) is 0 Å². The molecule has 2 heteroatoms. The van der Waals surface area contributed by atoms with Gasteiger partial charge in [-0.2, -0.15) is 0 Å². The molecular weight excluding hydrogens is 126 g/mol. The van der Waals surface area contributed by atoms with Crippen LogP contribution in [0.3, 0.4) is 0 Å². The third-order valence-electron chi connectivity index (χ3n) is 1.56. The topological polar surface area (TPSA) is 12.5 Å². The molecule has 0 fully saturated rings. The van der Waals surface area contributed by atoms with Crippen LogP contribution in [0.5, 0.6) is 0 Å². The second-order valence-electron chi connectivity index (χ2n) is 2.30. The number of hydroxylamine groups is 2. The van der Waals surface area contributed by atoms with Crippen molar-refractivity contribution in [3.63, 3.8) is 0 Å². The standard InChI is InChI=1S/C8H13NO/c1-3-8-6-5-7-9(4-2)10-8/h4-5,7-8H,2-3,6H2,1H3. The molecule has 1 heterocycles. The Morgan fingerprint density at radius 2 is 2.70 bits per heavy atom. The highest BCUT2D eigenvalue weighted by molar-refractivity contribution is 4.89. The third kappa shape index (κ3) is 1.61. The van der Waals surface area contributed by atoms with E-state index in [1.165, 1.54) is 0 Å². The average Bonchev–Trinajstić information content (AvgIpc) is 2.05. The Hall–Kier alpha value is -0.760. The molecule has 0 aromatic rings. The van der Waals surface area contributed by atoms with Gasteiger partial charge in [-0.05, 0) is 12.8 Å².